The number of amides is 2. The van der Waals surface area contributed by atoms with Crippen molar-refractivity contribution in [2.45, 2.75) is 62.8 Å². The van der Waals surface area contributed by atoms with Gasteiger partial charge in [-0.15, -0.1) is 0 Å². The van der Waals surface area contributed by atoms with Crippen molar-refractivity contribution >= 4 is 11.8 Å². The van der Waals surface area contributed by atoms with Crippen LogP contribution in [-0.4, -0.2) is 54.3 Å². The Hall–Kier alpha value is -1.92. The van der Waals surface area contributed by atoms with E-state index in [-0.39, 0.29) is 23.9 Å². The first kappa shape index (κ1) is 18.4. The second kappa shape index (κ2) is 7.98. The summed E-state index contributed by atoms with van der Waals surface area (Å²) in [4.78, 5) is 27.6. The lowest BCUT2D eigenvalue weighted by molar-refractivity contribution is -0.180. The molecule has 1 atom stereocenters. The van der Waals surface area contributed by atoms with E-state index in [9.17, 15) is 9.59 Å². The Bertz CT molecular complexity index is 662. The lowest BCUT2D eigenvalue weighted by Crippen LogP contribution is -2.54. The van der Waals surface area contributed by atoms with Crippen molar-refractivity contribution in [2.24, 2.45) is 0 Å². The number of nitrogens with one attached hydrogen (secondary N) is 1. The summed E-state index contributed by atoms with van der Waals surface area (Å²) in [6, 6.07) is 8.99. The molecule has 1 N–H and O–H groups in total. The van der Waals surface area contributed by atoms with Gasteiger partial charge in [0.25, 0.3) is 5.91 Å². The number of ether oxygens (including phenoxy) is 2. The van der Waals surface area contributed by atoms with E-state index in [1.807, 2.05) is 30.3 Å². The SMILES string of the molecule is O=C(NC1CCC2(CC1)OCCO2)C1CCCCN1C(=O)c1ccccc1. The molecule has 1 aromatic rings. The smallest absolute Gasteiger partial charge is 0.254 e. The molecule has 2 aliphatic heterocycles. The molecule has 27 heavy (non-hydrogen) atoms. The number of likely N-dealkylation sites (tertiary alicyclic amines) is 1. The number of piperidine rings is 1. The van der Waals surface area contributed by atoms with Crippen molar-refractivity contribution in [1.82, 2.24) is 10.2 Å². The maximum Gasteiger partial charge on any atom is 0.254 e. The van der Waals surface area contributed by atoms with Crippen molar-refractivity contribution < 1.29 is 19.1 Å². The minimum Gasteiger partial charge on any atom is -0.352 e. The fourth-order valence-corrected chi connectivity index (χ4v) is 4.48. The van der Waals surface area contributed by atoms with Crippen LogP contribution in [0, 0.1) is 0 Å². The Kier molecular flexibility index (Phi) is 5.45. The highest BCUT2D eigenvalue weighted by Crippen LogP contribution is 2.35. The van der Waals surface area contributed by atoms with Gasteiger partial charge in [0.05, 0.1) is 13.2 Å². The van der Waals surface area contributed by atoms with Crippen LogP contribution in [0.25, 0.3) is 0 Å². The second-order valence-electron chi connectivity index (χ2n) is 7.77. The third kappa shape index (κ3) is 4.01. The zero-order valence-electron chi connectivity index (χ0n) is 15.7. The fourth-order valence-electron chi connectivity index (χ4n) is 4.48. The maximum atomic E-state index is 13.0. The predicted molar refractivity (Wildman–Crippen MR) is 100 cm³/mol. The van der Waals surface area contributed by atoms with E-state index in [1.54, 1.807) is 4.90 Å². The second-order valence-corrected chi connectivity index (χ2v) is 7.77. The third-order valence-corrected chi connectivity index (χ3v) is 5.99. The van der Waals surface area contributed by atoms with Crippen LogP contribution in [0.15, 0.2) is 30.3 Å². The predicted octanol–water partition coefficient (Wildman–Crippen LogP) is 2.48. The number of benzene rings is 1. The number of hydrogen-bond donors (Lipinski definition) is 1. The van der Waals surface area contributed by atoms with Gasteiger partial charge in [-0.05, 0) is 44.2 Å². The van der Waals surface area contributed by atoms with Gasteiger partial charge in [0, 0.05) is 31.0 Å². The van der Waals surface area contributed by atoms with Gasteiger partial charge in [-0.1, -0.05) is 18.2 Å². The normalized spacial score (nSPS) is 25.5. The lowest BCUT2D eigenvalue weighted by Gasteiger charge is -2.38. The Morgan fingerprint density at radius 1 is 1.00 bits per heavy atom. The van der Waals surface area contributed by atoms with Gasteiger partial charge in [0.15, 0.2) is 5.79 Å². The summed E-state index contributed by atoms with van der Waals surface area (Å²) in [5, 5.41) is 3.19. The molecule has 2 saturated heterocycles. The van der Waals surface area contributed by atoms with E-state index in [4.69, 9.17) is 9.47 Å². The topological polar surface area (TPSA) is 67.9 Å². The quantitative estimate of drug-likeness (QED) is 0.885. The molecule has 1 unspecified atom stereocenters. The van der Waals surface area contributed by atoms with Crippen LogP contribution in [0.3, 0.4) is 0 Å². The van der Waals surface area contributed by atoms with Crippen LogP contribution in [0.4, 0.5) is 0 Å². The number of hydrogen-bond acceptors (Lipinski definition) is 4. The van der Waals surface area contributed by atoms with Crippen molar-refractivity contribution in [3.8, 4) is 0 Å². The van der Waals surface area contributed by atoms with E-state index < -0.39 is 5.79 Å². The van der Waals surface area contributed by atoms with Crippen LogP contribution in [-0.2, 0) is 14.3 Å². The van der Waals surface area contributed by atoms with E-state index in [0.717, 1.165) is 44.9 Å². The van der Waals surface area contributed by atoms with Gasteiger partial charge in [0.2, 0.25) is 5.91 Å². The van der Waals surface area contributed by atoms with E-state index >= 15 is 0 Å². The molecule has 6 nitrogen and oxygen atoms in total. The Balaban J connectivity index is 1.37. The summed E-state index contributed by atoms with van der Waals surface area (Å²) in [6.07, 6.45) is 5.99. The summed E-state index contributed by atoms with van der Waals surface area (Å²) in [5.41, 5.74) is 0.646. The average molecular weight is 372 g/mol. The Morgan fingerprint density at radius 3 is 2.41 bits per heavy atom. The van der Waals surface area contributed by atoms with Crippen molar-refractivity contribution in [3.63, 3.8) is 0 Å². The summed E-state index contributed by atoms with van der Waals surface area (Å²) in [6.45, 7) is 1.96. The molecular formula is C21H28N2O4. The minimum absolute atomic E-state index is 0.0202. The molecule has 1 aliphatic carbocycles. The molecule has 2 amide bonds. The first-order valence-electron chi connectivity index (χ1n) is 10.1. The molecule has 0 radical (unpaired) electrons. The van der Waals surface area contributed by atoms with Crippen molar-refractivity contribution in [1.29, 1.82) is 0 Å². The van der Waals surface area contributed by atoms with Crippen LogP contribution >= 0.6 is 0 Å². The van der Waals surface area contributed by atoms with Gasteiger partial charge in [-0.25, -0.2) is 0 Å². The zero-order chi connectivity index (χ0) is 18.7. The number of nitrogens with zero attached hydrogens (tertiary/aromatic N) is 1. The minimum atomic E-state index is -0.415. The van der Waals surface area contributed by atoms with Crippen LogP contribution < -0.4 is 5.32 Å². The molecule has 146 valence electrons. The lowest BCUT2D eigenvalue weighted by atomic mass is 9.89. The summed E-state index contributed by atoms with van der Waals surface area (Å²) < 4.78 is 11.5. The Morgan fingerprint density at radius 2 is 1.70 bits per heavy atom. The molecule has 4 rings (SSSR count). The van der Waals surface area contributed by atoms with Crippen LogP contribution in [0.1, 0.15) is 55.3 Å². The average Bonchev–Trinajstić information content (AvgIpc) is 3.18. The molecule has 2 heterocycles. The van der Waals surface area contributed by atoms with Gasteiger partial charge in [-0.2, -0.15) is 0 Å². The van der Waals surface area contributed by atoms with Crippen LogP contribution in [0.5, 0.6) is 0 Å². The highest BCUT2D eigenvalue weighted by molar-refractivity contribution is 5.97. The van der Waals surface area contributed by atoms with Gasteiger partial charge >= 0.3 is 0 Å². The molecule has 1 spiro atoms. The maximum absolute atomic E-state index is 13.0. The number of rotatable bonds is 3. The molecule has 3 aliphatic rings. The number of carbonyl (C=O) groups is 2. The Labute approximate surface area is 160 Å². The first-order valence-corrected chi connectivity index (χ1v) is 10.1. The molecule has 3 fully saturated rings. The van der Waals surface area contributed by atoms with Gasteiger partial charge in [0.1, 0.15) is 6.04 Å². The molecular weight excluding hydrogens is 344 g/mol. The van der Waals surface area contributed by atoms with Gasteiger partial charge in [-0.3, -0.25) is 9.59 Å². The molecule has 0 bridgehead atoms. The zero-order valence-corrected chi connectivity index (χ0v) is 15.7. The van der Waals surface area contributed by atoms with Gasteiger partial charge < -0.3 is 19.7 Å². The number of carbonyl (C=O) groups excluding carboxylic acids is 2. The first-order chi connectivity index (χ1) is 13.2. The van der Waals surface area contributed by atoms with Crippen molar-refractivity contribution in [3.05, 3.63) is 35.9 Å². The molecule has 6 heteroatoms. The van der Waals surface area contributed by atoms with Crippen LogP contribution in [0.2, 0.25) is 0 Å². The highest BCUT2D eigenvalue weighted by atomic mass is 16.7. The van der Waals surface area contributed by atoms with Crippen molar-refractivity contribution in [2.75, 3.05) is 19.8 Å². The monoisotopic (exact) mass is 372 g/mol. The highest BCUT2D eigenvalue weighted by Gasteiger charge is 2.41. The van der Waals surface area contributed by atoms with E-state index in [0.29, 0.717) is 25.3 Å². The molecule has 0 aromatic heterocycles. The molecule has 1 aromatic carbocycles. The standard InChI is InChI=1S/C21H28N2O4/c24-19(22-17-9-11-21(12-10-17)26-14-15-27-21)18-8-4-5-13-23(18)20(25)16-6-2-1-3-7-16/h1-3,6-7,17-18H,4-5,8-15H2,(H,22,24). The largest absolute Gasteiger partial charge is 0.352 e. The summed E-state index contributed by atoms with van der Waals surface area (Å²) in [7, 11) is 0. The fraction of sp³-hybridized carbons (Fsp3) is 0.619. The summed E-state index contributed by atoms with van der Waals surface area (Å²) >= 11 is 0. The van der Waals surface area contributed by atoms with E-state index in [1.165, 1.54) is 0 Å². The molecule has 1 saturated carbocycles. The summed E-state index contributed by atoms with van der Waals surface area (Å²) in [5.74, 6) is -0.486. The van der Waals surface area contributed by atoms with E-state index in [2.05, 4.69) is 5.32 Å². The third-order valence-electron chi connectivity index (χ3n) is 5.99.